The van der Waals surface area contributed by atoms with Gasteiger partial charge < -0.3 is 10.0 Å². The van der Waals surface area contributed by atoms with Crippen LogP contribution in [0.4, 0.5) is 4.39 Å². The van der Waals surface area contributed by atoms with E-state index in [1.165, 1.54) is 12.1 Å². The second-order valence-corrected chi connectivity index (χ2v) is 6.28. The molecule has 0 spiro atoms. The van der Waals surface area contributed by atoms with E-state index in [4.69, 9.17) is 0 Å². The molecule has 5 heteroatoms. The van der Waals surface area contributed by atoms with Crippen molar-refractivity contribution in [2.75, 3.05) is 20.1 Å². The Morgan fingerprint density at radius 3 is 2.82 bits per heavy atom. The standard InChI is InChI=1S/C17H25FN2O2/c1-12(20-8-7-15(11-20)13(2)21)17(22)19(3)10-14-5-4-6-16(18)9-14/h4-6,9,12-13,15,21H,7-8,10-11H2,1-3H3. The van der Waals surface area contributed by atoms with Crippen molar-refractivity contribution < 1.29 is 14.3 Å². The average Bonchev–Trinajstić information content (AvgIpc) is 2.95. The lowest BCUT2D eigenvalue weighted by Gasteiger charge is -2.28. The van der Waals surface area contributed by atoms with Gasteiger partial charge in [0.05, 0.1) is 12.1 Å². The zero-order valence-electron chi connectivity index (χ0n) is 13.5. The number of amides is 1. The largest absolute Gasteiger partial charge is 0.393 e. The van der Waals surface area contributed by atoms with Gasteiger partial charge in [-0.3, -0.25) is 9.69 Å². The third-order valence-electron chi connectivity index (χ3n) is 4.53. The molecule has 1 aliphatic heterocycles. The molecule has 1 saturated heterocycles. The van der Waals surface area contributed by atoms with Crippen LogP contribution in [-0.2, 0) is 11.3 Å². The van der Waals surface area contributed by atoms with E-state index in [2.05, 4.69) is 4.90 Å². The predicted molar refractivity (Wildman–Crippen MR) is 83.7 cm³/mol. The predicted octanol–water partition coefficient (Wildman–Crippen LogP) is 1.88. The van der Waals surface area contributed by atoms with Crippen molar-refractivity contribution in [2.45, 2.75) is 39.0 Å². The van der Waals surface area contributed by atoms with Crippen LogP contribution in [0.15, 0.2) is 24.3 Å². The monoisotopic (exact) mass is 308 g/mol. The zero-order chi connectivity index (χ0) is 16.3. The Morgan fingerprint density at radius 1 is 1.50 bits per heavy atom. The van der Waals surface area contributed by atoms with Crippen LogP contribution in [0, 0.1) is 11.7 Å². The van der Waals surface area contributed by atoms with Crippen molar-refractivity contribution in [1.82, 2.24) is 9.80 Å². The number of halogens is 1. The Kier molecular flexibility index (Phi) is 5.53. The van der Waals surface area contributed by atoms with Crippen LogP contribution < -0.4 is 0 Å². The van der Waals surface area contributed by atoms with Gasteiger partial charge in [-0.2, -0.15) is 0 Å². The van der Waals surface area contributed by atoms with E-state index < -0.39 is 0 Å². The molecule has 2 rings (SSSR count). The molecule has 1 aromatic carbocycles. The van der Waals surface area contributed by atoms with Gasteiger partial charge in [-0.1, -0.05) is 12.1 Å². The van der Waals surface area contributed by atoms with Crippen LogP contribution in [0.3, 0.4) is 0 Å². The van der Waals surface area contributed by atoms with Crippen molar-refractivity contribution in [2.24, 2.45) is 5.92 Å². The van der Waals surface area contributed by atoms with Crippen molar-refractivity contribution >= 4 is 5.91 Å². The van der Waals surface area contributed by atoms with Crippen LogP contribution in [-0.4, -0.2) is 53.1 Å². The molecule has 122 valence electrons. The van der Waals surface area contributed by atoms with Gasteiger partial charge in [0.2, 0.25) is 5.91 Å². The van der Waals surface area contributed by atoms with Crippen LogP contribution in [0.5, 0.6) is 0 Å². The number of hydrogen-bond donors (Lipinski definition) is 1. The van der Waals surface area contributed by atoms with Gasteiger partial charge in [-0.25, -0.2) is 4.39 Å². The topological polar surface area (TPSA) is 43.8 Å². The van der Waals surface area contributed by atoms with E-state index in [0.29, 0.717) is 6.54 Å². The molecule has 0 radical (unpaired) electrons. The lowest BCUT2D eigenvalue weighted by atomic mass is 10.0. The lowest BCUT2D eigenvalue weighted by molar-refractivity contribution is -0.135. The minimum Gasteiger partial charge on any atom is -0.393 e. The Balaban J connectivity index is 1.93. The first-order valence-corrected chi connectivity index (χ1v) is 7.80. The summed E-state index contributed by atoms with van der Waals surface area (Å²) in [5.74, 6) is -0.0232. The van der Waals surface area contributed by atoms with Crippen molar-refractivity contribution in [1.29, 1.82) is 0 Å². The van der Waals surface area contributed by atoms with Crippen LogP contribution in [0.25, 0.3) is 0 Å². The molecular weight excluding hydrogens is 283 g/mol. The highest BCUT2D eigenvalue weighted by Gasteiger charge is 2.32. The number of rotatable bonds is 5. The molecule has 0 aliphatic carbocycles. The molecule has 1 heterocycles. The second kappa shape index (κ2) is 7.20. The highest BCUT2D eigenvalue weighted by Crippen LogP contribution is 2.22. The summed E-state index contributed by atoms with van der Waals surface area (Å²) in [7, 11) is 1.74. The first-order chi connectivity index (χ1) is 10.4. The van der Waals surface area contributed by atoms with Gasteiger partial charge in [-0.15, -0.1) is 0 Å². The highest BCUT2D eigenvalue weighted by atomic mass is 19.1. The van der Waals surface area contributed by atoms with E-state index in [0.717, 1.165) is 25.1 Å². The summed E-state index contributed by atoms with van der Waals surface area (Å²) in [6.45, 7) is 5.68. The molecule has 1 aromatic rings. The molecule has 1 fully saturated rings. The molecule has 1 amide bonds. The number of likely N-dealkylation sites (tertiary alicyclic amines) is 1. The van der Waals surface area contributed by atoms with E-state index in [1.807, 2.05) is 13.0 Å². The van der Waals surface area contributed by atoms with Gasteiger partial charge in [0.25, 0.3) is 0 Å². The molecular formula is C17H25FN2O2. The second-order valence-electron chi connectivity index (χ2n) is 6.28. The van der Waals surface area contributed by atoms with Gasteiger partial charge in [-0.05, 0) is 50.4 Å². The summed E-state index contributed by atoms with van der Waals surface area (Å²) >= 11 is 0. The van der Waals surface area contributed by atoms with Crippen LogP contribution >= 0.6 is 0 Å². The maximum absolute atomic E-state index is 13.2. The summed E-state index contributed by atoms with van der Waals surface area (Å²) in [5.41, 5.74) is 0.784. The van der Waals surface area contributed by atoms with Gasteiger partial charge in [0.1, 0.15) is 5.82 Å². The number of carbonyl (C=O) groups excluding carboxylic acids is 1. The number of likely N-dealkylation sites (N-methyl/N-ethyl adjacent to an activating group) is 1. The molecule has 3 atom stereocenters. The third-order valence-corrected chi connectivity index (χ3v) is 4.53. The zero-order valence-corrected chi connectivity index (χ0v) is 13.5. The lowest BCUT2D eigenvalue weighted by Crippen LogP contribution is -2.45. The van der Waals surface area contributed by atoms with E-state index >= 15 is 0 Å². The van der Waals surface area contributed by atoms with E-state index in [-0.39, 0.29) is 29.8 Å². The quantitative estimate of drug-likeness (QED) is 0.903. The number of hydrogen-bond acceptors (Lipinski definition) is 3. The first-order valence-electron chi connectivity index (χ1n) is 7.80. The van der Waals surface area contributed by atoms with Gasteiger partial charge in [0, 0.05) is 20.1 Å². The Labute approximate surface area is 131 Å². The molecule has 0 bridgehead atoms. The fourth-order valence-electron chi connectivity index (χ4n) is 3.02. The molecule has 22 heavy (non-hydrogen) atoms. The summed E-state index contributed by atoms with van der Waals surface area (Å²) in [6.07, 6.45) is 0.584. The third kappa shape index (κ3) is 4.05. The molecule has 0 aromatic heterocycles. The van der Waals surface area contributed by atoms with Crippen molar-refractivity contribution in [3.05, 3.63) is 35.6 Å². The average molecular weight is 308 g/mol. The smallest absolute Gasteiger partial charge is 0.239 e. The number of carbonyl (C=O) groups is 1. The number of nitrogens with zero attached hydrogens (tertiary/aromatic N) is 2. The molecule has 0 saturated carbocycles. The maximum atomic E-state index is 13.2. The summed E-state index contributed by atoms with van der Waals surface area (Å²) < 4.78 is 13.2. The normalized spacial score (nSPS) is 21.6. The van der Waals surface area contributed by atoms with Gasteiger partial charge in [0.15, 0.2) is 0 Å². The minimum absolute atomic E-state index is 0.0236. The number of aliphatic hydroxyl groups is 1. The summed E-state index contributed by atoms with van der Waals surface area (Å²) in [5, 5.41) is 9.66. The fourth-order valence-corrected chi connectivity index (χ4v) is 3.02. The molecule has 1 aliphatic rings. The fraction of sp³-hybridized carbons (Fsp3) is 0.588. The minimum atomic E-state index is -0.336. The van der Waals surface area contributed by atoms with Crippen molar-refractivity contribution in [3.8, 4) is 0 Å². The molecule has 1 N–H and O–H groups in total. The molecule has 4 nitrogen and oxygen atoms in total. The highest BCUT2D eigenvalue weighted by molar-refractivity contribution is 5.81. The maximum Gasteiger partial charge on any atom is 0.239 e. The summed E-state index contributed by atoms with van der Waals surface area (Å²) in [4.78, 5) is 16.3. The van der Waals surface area contributed by atoms with Crippen molar-refractivity contribution in [3.63, 3.8) is 0 Å². The van der Waals surface area contributed by atoms with E-state index in [1.54, 1.807) is 24.9 Å². The SMILES string of the molecule is CC(O)C1CCN(C(C)C(=O)N(C)Cc2cccc(F)c2)C1. The Morgan fingerprint density at radius 2 is 2.23 bits per heavy atom. The Bertz CT molecular complexity index is 521. The van der Waals surface area contributed by atoms with Crippen LogP contribution in [0.2, 0.25) is 0 Å². The molecule has 3 unspecified atom stereocenters. The number of aliphatic hydroxyl groups excluding tert-OH is 1. The van der Waals surface area contributed by atoms with E-state index in [9.17, 15) is 14.3 Å². The van der Waals surface area contributed by atoms with Gasteiger partial charge >= 0.3 is 0 Å². The first kappa shape index (κ1) is 16.9. The van der Waals surface area contributed by atoms with Crippen LogP contribution in [0.1, 0.15) is 25.8 Å². The number of benzene rings is 1. The summed E-state index contributed by atoms with van der Waals surface area (Å²) in [6, 6.07) is 6.10. The Hall–Kier alpha value is -1.46.